The van der Waals surface area contributed by atoms with Crippen molar-refractivity contribution in [2.24, 2.45) is 0 Å². The summed E-state index contributed by atoms with van der Waals surface area (Å²) in [4.78, 5) is 37.9. The molecule has 7 nitrogen and oxygen atoms in total. The second kappa shape index (κ2) is 7.64. The molecule has 1 fully saturated rings. The maximum absolute atomic E-state index is 13.1. The van der Waals surface area contributed by atoms with Crippen molar-refractivity contribution in [2.75, 3.05) is 26.7 Å². The van der Waals surface area contributed by atoms with Crippen LogP contribution in [0.5, 0.6) is 0 Å². The molecule has 7 heteroatoms. The first kappa shape index (κ1) is 19.1. The van der Waals surface area contributed by atoms with Crippen molar-refractivity contribution in [2.45, 2.75) is 50.3 Å². The van der Waals surface area contributed by atoms with Crippen molar-refractivity contribution >= 4 is 18.1 Å². The van der Waals surface area contributed by atoms with Crippen LogP contribution in [0.15, 0.2) is 12.1 Å². The molecule has 0 bridgehead atoms. The van der Waals surface area contributed by atoms with E-state index in [2.05, 4.69) is 16.7 Å². The van der Waals surface area contributed by atoms with Gasteiger partial charge in [0, 0.05) is 25.6 Å². The Hall–Kier alpha value is -2.25. The van der Waals surface area contributed by atoms with E-state index in [9.17, 15) is 14.4 Å². The summed E-state index contributed by atoms with van der Waals surface area (Å²) in [7, 11) is 1.56. The van der Waals surface area contributed by atoms with Gasteiger partial charge >= 0.3 is 0 Å². The number of likely N-dealkylation sites (N-methyl/N-ethyl adjacent to an activating group) is 1. The Bertz CT molecular complexity index is 801. The Morgan fingerprint density at radius 3 is 2.86 bits per heavy atom. The van der Waals surface area contributed by atoms with Gasteiger partial charge in [-0.05, 0) is 61.5 Å². The van der Waals surface area contributed by atoms with Gasteiger partial charge in [0.15, 0.2) is 0 Å². The molecule has 1 unspecified atom stereocenters. The fraction of sp³-hybridized carbons (Fsp3) is 0.571. The fourth-order valence-electron chi connectivity index (χ4n) is 4.81. The van der Waals surface area contributed by atoms with Crippen molar-refractivity contribution in [3.8, 4) is 0 Å². The number of carbonyl (C=O) groups excluding carboxylic acids is 3. The molecule has 4 rings (SSSR count). The summed E-state index contributed by atoms with van der Waals surface area (Å²) < 4.78 is 6.26. The van der Waals surface area contributed by atoms with E-state index < -0.39 is 6.04 Å². The molecule has 1 atom stereocenters. The lowest BCUT2D eigenvalue weighted by molar-refractivity contribution is -0.125. The van der Waals surface area contributed by atoms with E-state index in [0.29, 0.717) is 25.1 Å². The molecular formula is C21H27N3O4. The number of nitrogens with zero attached hydrogens (tertiary/aromatic N) is 1. The molecule has 3 aliphatic rings. The number of ether oxygens (including phenoxy) is 1. The van der Waals surface area contributed by atoms with Gasteiger partial charge in [0.05, 0.1) is 12.2 Å². The van der Waals surface area contributed by atoms with Crippen LogP contribution in [0.2, 0.25) is 0 Å². The van der Waals surface area contributed by atoms with Crippen molar-refractivity contribution in [1.82, 2.24) is 15.5 Å². The Labute approximate surface area is 164 Å². The van der Waals surface area contributed by atoms with Crippen LogP contribution in [0.3, 0.4) is 0 Å². The quantitative estimate of drug-likeness (QED) is 0.735. The highest BCUT2D eigenvalue weighted by Gasteiger charge is 2.42. The lowest BCUT2D eigenvalue weighted by Gasteiger charge is -2.42. The van der Waals surface area contributed by atoms with Crippen LogP contribution in [0.25, 0.3) is 0 Å². The summed E-state index contributed by atoms with van der Waals surface area (Å²) in [6.07, 6.45) is 4.03. The van der Waals surface area contributed by atoms with Crippen LogP contribution in [0.4, 0.5) is 0 Å². The average molecular weight is 385 g/mol. The molecule has 0 aromatic heterocycles. The Balaban J connectivity index is 1.67. The third-order valence-corrected chi connectivity index (χ3v) is 6.30. The smallest absolute Gasteiger partial charge is 0.255 e. The third kappa shape index (κ3) is 3.12. The summed E-state index contributed by atoms with van der Waals surface area (Å²) in [6, 6.07) is 3.52. The molecule has 1 saturated heterocycles. The van der Waals surface area contributed by atoms with Gasteiger partial charge in [-0.25, -0.2) is 0 Å². The first-order valence-corrected chi connectivity index (χ1v) is 10.1. The monoisotopic (exact) mass is 385 g/mol. The topological polar surface area (TPSA) is 87.7 Å². The molecule has 0 saturated carbocycles. The molecule has 0 radical (unpaired) electrons. The number of rotatable bonds is 5. The van der Waals surface area contributed by atoms with Crippen molar-refractivity contribution in [3.63, 3.8) is 0 Å². The molecular weight excluding hydrogens is 358 g/mol. The standard InChI is InChI=1S/C21H27N3O4/c1-22-19(26)18(3-2-9-25)24-13-15-12-17-14(11-16(15)20(24)27)4-10-28-21(17)5-7-23-8-6-21/h9,11-12,18,23H,2-8,10,13H2,1H3,(H,22,26). The van der Waals surface area contributed by atoms with Gasteiger partial charge in [0.25, 0.3) is 5.91 Å². The van der Waals surface area contributed by atoms with Crippen molar-refractivity contribution in [3.05, 3.63) is 34.4 Å². The van der Waals surface area contributed by atoms with Crippen LogP contribution in [-0.4, -0.2) is 55.8 Å². The van der Waals surface area contributed by atoms with Crippen LogP contribution in [0, 0.1) is 0 Å². The summed E-state index contributed by atoms with van der Waals surface area (Å²) in [6.45, 7) is 2.91. The van der Waals surface area contributed by atoms with E-state index in [-0.39, 0.29) is 23.8 Å². The molecule has 0 aliphatic carbocycles. The minimum absolute atomic E-state index is 0.122. The predicted molar refractivity (Wildman–Crippen MR) is 103 cm³/mol. The number of benzene rings is 1. The fourth-order valence-corrected chi connectivity index (χ4v) is 4.81. The van der Waals surface area contributed by atoms with Gasteiger partial charge in [-0.3, -0.25) is 9.59 Å². The maximum Gasteiger partial charge on any atom is 0.255 e. The maximum atomic E-state index is 13.1. The summed E-state index contributed by atoms with van der Waals surface area (Å²) in [5, 5.41) is 6.02. The highest BCUT2D eigenvalue weighted by molar-refractivity contribution is 6.01. The van der Waals surface area contributed by atoms with Gasteiger partial charge in [-0.15, -0.1) is 0 Å². The second-order valence-corrected chi connectivity index (χ2v) is 7.82. The molecule has 3 heterocycles. The Morgan fingerprint density at radius 2 is 2.14 bits per heavy atom. The summed E-state index contributed by atoms with van der Waals surface area (Å²) >= 11 is 0. The highest BCUT2D eigenvalue weighted by atomic mass is 16.5. The first-order chi connectivity index (χ1) is 13.6. The Morgan fingerprint density at radius 1 is 1.36 bits per heavy atom. The van der Waals surface area contributed by atoms with E-state index in [1.54, 1.807) is 11.9 Å². The number of nitrogens with one attached hydrogen (secondary N) is 2. The molecule has 1 aromatic rings. The van der Waals surface area contributed by atoms with E-state index >= 15 is 0 Å². The molecule has 1 aromatic carbocycles. The third-order valence-electron chi connectivity index (χ3n) is 6.30. The molecule has 1 spiro atoms. The number of hydrogen-bond acceptors (Lipinski definition) is 5. The van der Waals surface area contributed by atoms with Gasteiger partial charge in [-0.2, -0.15) is 0 Å². The van der Waals surface area contributed by atoms with Crippen LogP contribution < -0.4 is 10.6 Å². The number of carbonyl (C=O) groups is 3. The molecule has 3 aliphatic heterocycles. The average Bonchev–Trinajstić information content (AvgIpc) is 3.03. The predicted octanol–water partition coefficient (Wildman–Crippen LogP) is 0.887. The SMILES string of the molecule is CNC(=O)C(CCC=O)N1Cc2cc3c(cc2C1=O)CCOC31CCNCC1. The number of hydrogen-bond donors (Lipinski definition) is 2. The Kier molecular flexibility index (Phi) is 5.21. The molecule has 2 amide bonds. The number of fused-ring (bicyclic) bond motifs is 3. The zero-order chi connectivity index (χ0) is 19.7. The van der Waals surface area contributed by atoms with Crippen molar-refractivity contribution in [1.29, 1.82) is 0 Å². The number of piperidine rings is 1. The first-order valence-electron chi connectivity index (χ1n) is 10.1. The lowest BCUT2D eigenvalue weighted by atomic mass is 9.78. The van der Waals surface area contributed by atoms with Gasteiger partial charge in [-0.1, -0.05) is 6.07 Å². The van der Waals surface area contributed by atoms with Crippen LogP contribution in [0.1, 0.15) is 52.7 Å². The zero-order valence-electron chi connectivity index (χ0n) is 16.3. The van der Waals surface area contributed by atoms with E-state index in [1.807, 2.05) is 6.07 Å². The number of amides is 2. The lowest BCUT2D eigenvalue weighted by Crippen LogP contribution is -2.46. The molecule has 150 valence electrons. The van der Waals surface area contributed by atoms with Gasteiger partial charge in [0.2, 0.25) is 5.91 Å². The summed E-state index contributed by atoms with van der Waals surface area (Å²) in [5.41, 5.74) is 3.77. The normalized spacial score (nSPS) is 21.2. The number of aldehydes is 1. The van der Waals surface area contributed by atoms with Crippen LogP contribution >= 0.6 is 0 Å². The van der Waals surface area contributed by atoms with E-state index in [1.165, 1.54) is 11.1 Å². The van der Waals surface area contributed by atoms with E-state index in [4.69, 9.17) is 4.74 Å². The molecule has 28 heavy (non-hydrogen) atoms. The van der Waals surface area contributed by atoms with E-state index in [0.717, 1.165) is 44.2 Å². The van der Waals surface area contributed by atoms with Crippen molar-refractivity contribution < 1.29 is 19.1 Å². The minimum Gasteiger partial charge on any atom is -0.370 e. The molecule has 2 N–H and O–H groups in total. The highest BCUT2D eigenvalue weighted by Crippen LogP contribution is 2.42. The van der Waals surface area contributed by atoms with Gasteiger partial charge in [0.1, 0.15) is 12.3 Å². The minimum atomic E-state index is -0.629. The second-order valence-electron chi connectivity index (χ2n) is 7.82. The summed E-state index contributed by atoms with van der Waals surface area (Å²) in [5.74, 6) is -0.353. The van der Waals surface area contributed by atoms with Crippen LogP contribution in [-0.2, 0) is 32.9 Å². The van der Waals surface area contributed by atoms with Gasteiger partial charge < -0.3 is 25.1 Å². The zero-order valence-corrected chi connectivity index (χ0v) is 16.3. The largest absolute Gasteiger partial charge is 0.370 e.